The Labute approximate surface area is 151 Å². The van der Waals surface area contributed by atoms with E-state index in [4.69, 9.17) is 21.4 Å². The lowest BCUT2D eigenvalue weighted by atomic mass is 10.1. The van der Waals surface area contributed by atoms with Gasteiger partial charge in [-0.3, -0.25) is 4.90 Å². The van der Waals surface area contributed by atoms with Gasteiger partial charge in [0.15, 0.2) is 0 Å². The Kier molecular flexibility index (Phi) is 4.69. The summed E-state index contributed by atoms with van der Waals surface area (Å²) in [5.41, 5.74) is 0.742. The number of imidazole rings is 1. The number of aliphatic hydroxyl groups is 1. The van der Waals surface area contributed by atoms with Crippen molar-refractivity contribution in [3.8, 4) is 17.1 Å². The van der Waals surface area contributed by atoms with E-state index in [0.29, 0.717) is 24.1 Å². The van der Waals surface area contributed by atoms with E-state index in [1.54, 1.807) is 18.3 Å². The number of nitrogens with zero attached hydrogens (tertiary/aromatic N) is 3. The number of rotatable bonds is 4. The van der Waals surface area contributed by atoms with E-state index in [0.717, 1.165) is 30.9 Å². The highest BCUT2D eigenvalue weighted by Crippen LogP contribution is 2.37. The minimum Gasteiger partial charge on any atom is -0.506 e. The van der Waals surface area contributed by atoms with Crippen LogP contribution in [0.3, 0.4) is 0 Å². The van der Waals surface area contributed by atoms with Crippen LogP contribution in [0.25, 0.3) is 11.4 Å². The van der Waals surface area contributed by atoms with Crippen LogP contribution < -0.4 is 0 Å². The summed E-state index contributed by atoms with van der Waals surface area (Å²) >= 11 is 6.28. The molecule has 134 valence electrons. The highest BCUT2D eigenvalue weighted by atomic mass is 35.5. The number of phenolic OH excluding ortho intramolecular Hbond substituents is 1. The molecule has 2 aliphatic heterocycles. The largest absolute Gasteiger partial charge is 0.506 e. The van der Waals surface area contributed by atoms with Crippen LogP contribution in [0.5, 0.6) is 5.75 Å². The third-order valence-electron chi connectivity index (χ3n) is 5.20. The first kappa shape index (κ1) is 16.8. The van der Waals surface area contributed by atoms with Crippen molar-refractivity contribution in [2.24, 2.45) is 0 Å². The Morgan fingerprint density at radius 2 is 2.16 bits per heavy atom. The molecule has 0 saturated carbocycles. The van der Waals surface area contributed by atoms with Gasteiger partial charge >= 0.3 is 0 Å². The maximum Gasteiger partial charge on any atom is 0.141 e. The number of aromatic nitrogens is 2. The SMILES string of the molecule is OCC[C@H]1CN2C[C@H](n3ccnc3-c3cccc(O)c3Cl)C[C@H]2CO1. The van der Waals surface area contributed by atoms with Gasteiger partial charge in [-0.15, -0.1) is 0 Å². The molecule has 3 atom stereocenters. The zero-order valence-corrected chi connectivity index (χ0v) is 14.6. The number of phenols is 1. The first-order valence-electron chi connectivity index (χ1n) is 8.64. The average Bonchev–Trinajstić information content (AvgIpc) is 3.23. The van der Waals surface area contributed by atoms with Gasteiger partial charge in [0.25, 0.3) is 0 Å². The van der Waals surface area contributed by atoms with Gasteiger partial charge in [-0.1, -0.05) is 17.7 Å². The number of halogens is 1. The van der Waals surface area contributed by atoms with Gasteiger partial charge in [-0.25, -0.2) is 4.98 Å². The fourth-order valence-electron chi connectivity index (χ4n) is 3.94. The van der Waals surface area contributed by atoms with Crippen LogP contribution in [0.2, 0.25) is 5.02 Å². The lowest BCUT2D eigenvalue weighted by Gasteiger charge is -2.34. The van der Waals surface area contributed by atoms with Crippen molar-refractivity contribution in [3.05, 3.63) is 35.6 Å². The fourth-order valence-corrected chi connectivity index (χ4v) is 4.16. The molecule has 6 nitrogen and oxygen atoms in total. The van der Waals surface area contributed by atoms with E-state index in [1.165, 1.54) is 0 Å². The molecule has 0 unspecified atom stereocenters. The first-order chi connectivity index (χ1) is 12.2. The minimum atomic E-state index is 0.0674. The first-order valence-corrected chi connectivity index (χ1v) is 9.02. The van der Waals surface area contributed by atoms with E-state index in [2.05, 4.69) is 14.5 Å². The number of ether oxygens (including phenoxy) is 1. The van der Waals surface area contributed by atoms with Gasteiger partial charge in [0.2, 0.25) is 0 Å². The van der Waals surface area contributed by atoms with E-state index >= 15 is 0 Å². The maximum atomic E-state index is 9.89. The van der Waals surface area contributed by atoms with Crippen molar-refractivity contribution in [1.82, 2.24) is 14.5 Å². The molecule has 0 bridgehead atoms. The quantitative estimate of drug-likeness (QED) is 0.872. The lowest BCUT2D eigenvalue weighted by molar-refractivity contribution is -0.0567. The van der Waals surface area contributed by atoms with Gasteiger partial charge in [-0.05, 0) is 25.0 Å². The van der Waals surface area contributed by atoms with Crippen LogP contribution in [-0.4, -0.2) is 63.1 Å². The second-order valence-electron chi connectivity index (χ2n) is 6.76. The number of hydrogen-bond donors (Lipinski definition) is 2. The molecule has 2 aliphatic rings. The molecule has 1 aromatic heterocycles. The smallest absolute Gasteiger partial charge is 0.141 e. The van der Waals surface area contributed by atoms with E-state index in [-0.39, 0.29) is 24.5 Å². The van der Waals surface area contributed by atoms with Gasteiger partial charge in [0.1, 0.15) is 11.6 Å². The summed E-state index contributed by atoms with van der Waals surface area (Å²) < 4.78 is 8.02. The Balaban J connectivity index is 1.57. The predicted molar refractivity (Wildman–Crippen MR) is 94.8 cm³/mol. The molecule has 0 radical (unpaired) electrons. The number of aliphatic hydroxyl groups excluding tert-OH is 1. The van der Waals surface area contributed by atoms with Crippen molar-refractivity contribution < 1.29 is 14.9 Å². The standard InChI is InChI=1S/C18H22ClN3O3/c19-17-15(2-1-3-16(17)24)18-20-5-6-22(18)12-8-13-11-25-14(4-7-23)10-21(13)9-12/h1-3,5-6,12-14,23-24H,4,7-11H2/t12-,13+,14+/m1/s1. The van der Waals surface area contributed by atoms with Crippen molar-refractivity contribution in [2.45, 2.75) is 31.0 Å². The third kappa shape index (κ3) is 3.15. The number of aromatic hydroxyl groups is 1. The number of fused-ring (bicyclic) bond motifs is 1. The summed E-state index contributed by atoms with van der Waals surface area (Å²) in [6.07, 6.45) is 5.54. The molecule has 7 heteroatoms. The van der Waals surface area contributed by atoms with Crippen molar-refractivity contribution in [1.29, 1.82) is 0 Å². The maximum absolute atomic E-state index is 9.89. The number of hydrogen-bond acceptors (Lipinski definition) is 5. The monoisotopic (exact) mass is 363 g/mol. The molecular formula is C18H22ClN3O3. The topological polar surface area (TPSA) is 70.8 Å². The van der Waals surface area contributed by atoms with Crippen LogP contribution >= 0.6 is 11.6 Å². The molecule has 2 saturated heterocycles. The summed E-state index contributed by atoms with van der Waals surface area (Å²) in [7, 11) is 0. The molecule has 25 heavy (non-hydrogen) atoms. The number of morpholine rings is 1. The molecule has 1 aromatic carbocycles. The second-order valence-corrected chi connectivity index (χ2v) is 7.14. The fraction of sp³-hybridized carbons (Fsp3) is 0.500. The summed E-state index contributed by atoms with van der Waals surface area (Å²) in [4.78, 5) is 6.93. The predicted octanol–water partition coefficient (Wildman–Crippen LogP) is 2.31. The second kappa shape index (κ2) is 6.96. The van der Waals surface area contributed by atoms with Crippen molar-refractivity contribution >= 4 is 11.6 Å². The molecule has 4 rings (SSSR count). The minimum absolute atomic E-state index is 0.0674. The lowest BCUT2D eigenvalue weighted by Crippen LogP contribution is -2.46. The van der Waals surface area contributed by atoms with Crippen LogP contribution in [0.15, 0.2) is 30.6 Å². The summed E-state index contributed by atoms with van der Waals surface area (Å²) in [6, 6.07) is 5.92. The van der Waals surface area contributed by atoms with E-state index in [1.807, 2.05) is 12.3 Å². The summed E-state index contributed by atoms with van der Waals surface area (Å²) in [6.45, 7) is 2.65. The highest BCUT2D eigenvalue weighted by Gasteiger charge is 2.38. The highest BCUT2D eigenvalue weighted by molar-refractivity contribution is 6.34. The van der Waals surface area contributed by atoms with Crippen LogP contribution in [0.1, 0.15) is 18.9 Å². The molecule has 0 spiro atoms. The summed E-state index contributed by atoms with van der Waals surface area (Å²) in [5.74, 6) is 0.844. The zero-order chi connectivity index (χ0) is 17.4. The molecule has 0 aliphatic carbocycles. The van der Waals surface area contributed by atoms with Gasteiger partial charge < -0.3 is 19.5 Å². The molecule has 3 heterocycles. The number of benzene rings is 1. The van der Waals surface area contributed by atoms with Gasteiger partial charge in [0, 0.05) is 49.7 Å². The van der Waals surface area contributed by atoms with E-state index < -0.39 is 0 Å². The molecule has 0 amide bonds. The van der Waals surface area contributed by atoms with Crippen LogP contribution in [0, 0.1) is 0 Å². The summed E-state index contributed by atoms with van der Waals surface area (Å²) in [5, 5.41) is 19.3. The Hall–Kier alpha value is -1.60. The van der Waals surface area contributed by atoms with Crippen molar-refractivity contribution in [2.75, 3.05) is 26.3 Å². The zero-order valence-electron chi connectivity index (χ0n) is 13.9. The molecule has 2 fully saturated rings. The van der Waals surface area contributed by atoms with Gasteiger partial charge in [-0.2, -0.15) is 0 Å². The molecule has 2 N–H and O–H groups in total. The third-order valence-corrected chi connectivity index (χ3v) is 5.60. The Morgan fingerprint density at radius 3 is 3.00 bits per heavy atom. The van der Waals surface area contributed by atoms with Crippen LogP contribution in [-0.2, 0) is 4.74 Å². The average molecular weight is 364 g/mol. The normalized spacial score (nSPS) is 26.7. The van der Waals surface area contributed by atoms with Gasteiger partial charge in [0.05, 0.1) is 17.7 Å². The van der Waals surface area contributed by atoms with E-state index in [9.17, 15) is 5.11 Å². The Bertz CT molecular complexity index is 751. The van der Waals surface area contributed by atoms with Crippen LogP contribution in [0.4, 0.5) is 0 Å². The Morgan fingerprint density at radius 1 is 1.28 bits per heavy atom. The molecular weight excluding hydrogens is 342 g/mol. The van der Waals surface area contributed by atoms with Crippen molar-refractivity contribution in [3.63, 3.8) is 0 Å². The molecule has 2 aromatic rings.